The van der Waals surface area contributed by atoms with E-state index in [-0.39, 0.29) is 18.4 Å². The van der Waals surface area contributed by atoms with Crippen molar-refractivity contribution >= 4 is 18.0 Å². The fourth-order valence-electron chi connectivity index (χ4n) is 4.56. The van der Waals surface area contributed by atoms with Gasteiger partial charge >= 0.3 is 12.1 Å². The second kappa shape index (κ2) is 9.40. The maximum Gasteiger partial charge on any atom is 0.408 e. The molecule has 0 spiro atoms. The molecule has 0 saturated heterocycles. The number of halogens is 2. The number of alkyl carbamates (subject to hydrolysis) is 1. The number of hydrogen-bond acceptors (Lipinski definition) is 4. The van der Waals surface area contributed by atoms with Crippen LogP contribution in [0.3, 0.4) is 0 Å². The second-order valence-electron chi connectivity index (χ2n) is 8.92. The molecule has 7 nitrogen and oxygen atoms in total. The number of carboxylic acids is 1. The van der Waals surface area contributed by atoms with Crippen molar-refractivity contribution in [3.63, 3.8) is 0 Å². The summed E-state index contributed by atoms with van der Waals surface area (Å²) >= 11 is 0. The van der Waals surface area contributed by atoms with Gasteiger partial charge < -0.3 is 20.5 Å². The average molecular weight is 472 g/mol. The van der Waals surface area contributed by atoms with Crippen molar-refractivity contribution in [1.82, 2.24) is 10.6 Å². The van der Waals surface area contributed by atoms with Gasteiger partial charge in [-0.2, -0.15) is 0 Å². The number of carboxylic acid groups (broad SMARTS) is 1. The lowest BCUT2D eigenvalue weighted by atomic mass is 9.94. The maximum atomic E-state index is 12.9. The van der Waals surface area contributed by atoms with E-state index in [4.69, 9.17) is 4.74 Å². The molecular formula is C25H26F2N2O5. The van der Waals surface area contributed by atoms with Crippen molar-refractivity contribution in [2.45, 2.75) is 50.1 Å². The molecule has 3 N–H and O–H groups in total. The first-order chi connectivity index (χ1) is 16.2. The number of hydrogen-bond donors (Lipinski definition) is 3. The average Bonchev–Trinajstić information content (AvgIpc) is 3.61. The van der Waals surface area contributed by atoms with E-state index in [2.05, 4.69) is 10.6 Å². The highest BCUT2D eigenvalue weighted by molar-refractivity contribution is 5.93. The Balaban J connectivity index is 1.44. The van der Waals surface area contributed by atoms with Gasteiger partial charge in [-0.3, -0.25) is 4.79 Å². The summed E-state index contributed by atoms with van der Waals surface area (Å²) in [5.41, 5.74) is 2.75. The third kappa shape index (κ3) is 4.73. The molecule has 2 aromatic rings. The van der Waals surface area contributed by atoms with Crippen LogP contribution >= 0.6 is 0 Å². The van der Waals surface area contributed by atoms with Crippen molar-refractivity contribution in [1.29, 1.82) is 0 Å². The predicted molar refractivity (Wildman–Crippen MR) is 120 cm³/mol. The number of carbonyl (C=O) groups is 3. The molecule has 2 amide bonds. The zero-order valence-corrected chi connectivity index (χ0v) is 18.6. The van der Waals surface area contributed by atoms with Crippen LogP contribution in [-0.4, -0.2) is 47.7 Å². The number of nitrogens with one attached hydrogen (secondary N) is 2. The molecule has 0 aromatic heterocycles. The van der Waals surface area contributed by atoms with E-state index in [1.807, 2.05) is 48.5 Å². The van der Waals surface area contributed by atoms with Gasteiger partial charge in [0.25, 0.3) is 0 Å². The van der Waals surface area contributed by atoms with Crippen LogP contribution < -0.4 is 10.6 Å². The number of benzene rings is 2. The molecule has 0 aliphatic heterocycles. The molecule has 1 fully saturated rings. The van der Waals surface area contributed by atoms with Crippen molar-refractivity contribution in [2.24, 2.45) is 5.92 Å². The van der Waals surface area contributed by atoms with Gasteiger partial charge in [-0.1, -0.05) is 48.5 Å². The zero-order chi connectivity index (χ0) is 24.5. The molecule has 9 heteroatoms. The molecule has 2 atom stereocenters. The summed E-state index contributed by atoms with van der Waals surface area (Å²) in [4.78, 5) is 36.9. The molecule has 0 heterocycles. The van der Waals surface area contributed by atoms with Crippen molar-refractivity contribution in [3.8, 4) is 11.1 Å². The van der Waals surface area contributed by atoms with Gasteiger partial charge in [0.2, 0.25) is 12.3 Å². The van der Waals surface area contributed by atoms with Gasteiger partial charge in [-0.05, 0) is 47.9 Å². The SMILES string of the molecule is CC(NC(=O)OCC1c2ccccc2-c2ccccc21)(C(=O)NC(CC(F)F)C(=O)O)C1CC1. The lowest BCUT2D eigenvalue weighted by Crippen LogP contribution is -2.61. The quantitative estimate of drug-likeness (QED) is 0.513. The van der Waals surface area contributed by atoms with E-state index in [0.29, 0.717) is 12.8 Å². The largest absolute Gasteiger partial charge is 0.480 e. The fraction of sp³-hybridized carbons (Fsp3) is 0.400. The Hall–Kier alpha value is -3.49. The van der Waals surface area contributed by atoms with Crippen LogP contribution in [0.2, 0.25) is 0 Å². The molecule has 4 rings (SSSR count). The minimum atomic E-state index is -2.90. The van der Waals surface area contributed by atoms with Gasteiger partial charge in [0.05, 0.1) is 0 Å². The third-order valence-electron chi connectivity index (χ3n) is 6.59. The highest BCUT2D eigenvalue weighted by atomic mass is 19.3. The highest BCUT2D eigenvalue weighted by Gasteiger charge is 2.49. The molecule has 180 valence electrons. The monoisotopic (exact) mass is 472 g/mol. The lowest BCUT2D eigenvalue weighted by molar-refractivity contribution is -0.144. The Morgan fingerprint density at radius 2 is 1.62 bits per heavy atom. The minimum Gasteiger partial charge on any atom is -0.480 e. The van der Waals surface area contributed by atoms with Crippen LogP contribution in [0.4, 0.5) is 13.6 Å². The minimum absolute atomic E-state index is 0.0470. The Labute approximate surface area is 195 Å². The first-order valence-corrected chi connectivity index (χ1v) is 11.2. The Morgan fingerprint density at radius 1 is 1.06 bits per heavy atom. The summed E-state index contributed by atoms with van der Waals surface area (Å²) in [6, 6.07) is 14.0. The molecule has 0 radical (unpaired) electrons. The summed E-state index contributed by atoms with van der Waals surface area (Å²) in [5.74, 6) is -2.79. The number of amides is 2. The van der Waals surface area contributed by atoms with Gasteiger partial charge in [0.1, 0.15) is 18.2 Å². The van der Waals surface area contributed by atoms with Crippen molar-refractivity contribution in [3.05, 3.63) is 59.7 Å². The van der Waals surface area contributed by atoms with Crippen LogP contribution in [0.25, 0.3) is 11.1 Å². The normalized spacial score (nSPS) is 17.3. The Morgan fingerprint density at radius 3 is 2.12 bits per heavy atom. The van der Waals surface area contributed by atoms with Crippen LogP contribution in [0.5, 0.6) is 0 Å². The molecule has 1 saturated carbocycles. The molecule has 0 bridgehead atoms. The van der Waals surface area contributed by atoms with E-state index in [9.17, 15) is 28.3 Å². The smallest absolute Gasteiger partial charge is 0.408 e. The summed E-state index contributed by atoms with van der Waals surface area (Å²) in [6.07, 6.45) is -3.47. The molecular weight excluding hydrogens is 446 g/mol. The summed E-state index contributed by atoms with van der Waals surface area (Å²) in [5, 5.41) is 13.9. The highest BCUT2D eigenvalue weighted by Crippen LogP contribution is 2.44. The standard InChI is InChI=1S/C25H26F2N2O5/c1-25(14-10-11-14,23(32)28-20(22(30)31)12-21(26)27)29-24(33)34-13-19-17-8-4-2-6-15(17)16-7-3-5-9-18(16)19/h2-9,14,19-21H,10-13H2,1H3,(H,28,32)(H,29,33)(H,30,31). The third-order valence-corrected chi connectivity index (χ3v) is 6.59. The topological polar surface area (TPSA) is 105 Å². The second-order valence-corrected chi connectivity index (χ2v) is 8.92. The first kappa shape index (κ1) is 23.7. The number of aliphatic carboxylic acids is 1. The number of ether oxygens (including phenoxy) is 1. The number of rotatable bonds is 9. The Kier molecular flexibility index (Phi) is 6.54. The molecule has 2 aliphatic carbocycles. The summed E-state index contributed by atoms with van der Waals surface area (Å²) in [7, 11) is 0. The molecule has 2 aliphatic rings. The van der Waals surface area contributed by atoms with E-state index in [0.717, 1.165) is 22.3 Å². The van der Waals surface area contributed by atoms with Crippen LogP contribution in [-0.2, 0) is 14.3 Å². The Bertz CT molecular complexity index is 1060. The van der Waals surface area contributed by atoms with Gasteiger partial charge in [0.15, 0.2) is 0 Å². The summed E-state index contributed by atoms with van der Waals surface area (Å²) < 4.78 is 31.0. The van der Waals surface area contributed by atoms with Crippen LogP contribution in [0, 0.1) is 5.92 Å². The lowest BCUT2D eigenvalue weighted by Gasteiger charge is -2.31. The van der Waals surface area contributed by atoms with Gasteiger partial charge in [0, 0.05) is 12.3 Å². The number of fused-ring (bicyclic) bond motifs is 3. The molecule has 2 unspecified atom stereocenters. The van der Waals surface area contributed by atoms with E-state index in [1.165, 1.54) is 6.92 Å². The predicted octanol–water partition coefficient (Wildman–Crippen LogP) is 3.92. The number of alkyl halides is 2. The van der Waals surface area contributed by atoms with Gasteiger partial charge in [-0.15, -0.1) is 0 Å². The van der Waals surface area contributed by atoms with Crippen molar-refractivity contribution < 1.29 is 33.0 Å². The zero-order valence-electron chi connectivity index (χ0n) is 18.6. The molecule has 34 heavy (non-hydrogen) atoms. The van der Waals surface area contributed by atoms with E-state index >= 15 is 0 Å². The van der Waals surface area contributed by atoms with Crippen LogP contribution in [0.1, 0.15) is 43.2 Å². The van der Waals surface area contributed by atoms with Crippen LogP contribution in [0.15, 0.2) is 48.5 Å². The number of carbonyl (C=O) groups excluding carboxylic acids is 2. The maximum absolute atomic E-state index is 12.9. The van der Waals surface area contributed by atoms with E-state index < -0.39 is 42.4 Å². The van der Waals surface area contributed by atoms with E-state index in [1.54, 1.807) is 0 Å². The molecule has 2 aromatic carbocycles. The van der Waals surface area contributed by atoms with Crippen molar-refractivity contribution in [2.75, 3.05) is 6.61 Å². The van der Waals surface area contributed by atoms with Gasteiger partial charge in [-0.25, -0.2) is 18.4 Å². The summed E-state index contributed by atoms with van der Waals surface area (Å²) in [6.45, 7) is 1.51. The first-order valence-electron chi connectivity index (χ1n) is 11.2. The fourth-order valence-corrected chi connectivity index (χ4v) is 4.56.